The molecule has 0 heterocycles. The smallest absolute Gasteiger partial charge is 0.234 e. The number of aliphatic hydroxyl groups is 1. The molecule has 0 bridgehead atoms. The van der Waals surface area contributed by atoms with Crippen molar-refractivity contribution in [2.24, 2.45) is 5.92 Å². The van der Waals surface area contributed by atoms with Crippen LogP contribution in [0.15, 0.2) is 0 Å². The van der Waals surface area contributed by atoms with Crippen LogP contribution in [0.1, 0.15) is 34.6 Å². The lowest BCUT2D eigenvalue weighted by molar-refractivity contribution is -0.121. The monoisotopic (exact) mass is 216 g/mol. The molecule has 4 nitrogen and oxygen atoms in total. The molecule has 1 amide bonds. The van der Waals surface area contributed by atoms with Crippen molar-refractivity contribution in [2.45, 2.75) is 46.2 Å². The molecule has 0 aliphatic carbocycles. The van der Waals surface area contributed by atoms with Crippen LogP contribution in [0, 0.1) is 5.92 Å². The third-order valence-electron chi connectivity index (χ3n) is 2.51. The van der Waals surface area contributed by atoms with Gasteiger partial charge >= 0.3 is 0 Å². The molecule has 90 valence electrons. The summed E-state index contributed by atoms with van der Waals surface area (Å²) in [4.78, 5) is 11.5. The summed E-state index contributed by atoms with van der Waals surface area (Å²) >= 11 is 0. The molecule has 0 fully saturated rings. The zero-order valence-electron chi connectivity index (χ0n) is 10.4. The molecule has 0 aromatic carbocycles. The SMILES string of the molecule is CC(C)C(C)NC(=O)CNC(C)(C)CO. The van der Waals surface area contributed by atoms with E-state index in [0.29, 0.717) is 5.92 Å². The number of hydrogen-bond donors (Lipinski definition) is 3. The van der Waals surface area contributed by atoms with E-state index in [4.69, 9.17) is 5.11 Å². The lowest BCUT2D eigenvalue weighted by Crippen LogP contribution is -2.49. The van der Waals surface area contributed by atoms with Gasteiger partial charge in [0, 0.05) is 11.6 Å². The molecule has 3 N–H and O–H groups in total. The normalized spacial score (nSPS) is 14.1. The summed E-state index contributed by atoms with van der Waals surface area (Å²) in [5.74, 6) is 0.400. The van der Waals surface area contributed by atoms with Crippen molar-refractivity contribution >= 4 is 5.91 Å². The number of amides is 1. The Balaban J connectivity index is 3.86. The number of hydrogen-bond acceptors (Lipinski definition) is 3. The van der Waals surface area contributed by atoms with Gasteiger partial charge in [-0.25, -0.2) is 0 Å². The van der Waals surface area contributed by atoms with Crippen LogP contribution in [0.25, 0.3) is 0 Å². The van der Waals surface area contributed by atoms with E-state index in [2.05, 4.69) is 24.5 Å². The van der Waals surface area contributed by atoms with E-state index in [0.717, 1.165) is 0 Å². The Hall–Kier alpha value is -0.610. The third kappa shape index (κ3) is 6.47. The fourth-order valence-electron chi connectivity index (χ4n) is 0.847. The van der Waals surface area contributed by atoms with E-state index in [9.17, 15) is 4.79 Å². The minimum atomic E-state index is -0.404. The Labute approximate surface area is 92.4 Å². The van der Waals surface area contributed by atoms with Gasteiger partial charge in [0.1, 0.15) is 0 Å². The maximum atomic E-state index is 11.5. The first-order chi connectivity index (χ1) is 6.78. The van der Waals surface area contributed by atoms with Gasteiger partial charge in [-0.1, -0.05) is 13.8 Å². The molecule has 1 unspecified atom stereocenters. The average molecular weight is 216 g/mol. The zero-order chi connectivity index (χ0) is 12.1. The van der Waals surface area contributed by atoms with Crippen LogP contribution in [0.2, 0.25) is 0 Å². The standard InChI is InChI=1S/C11H24N2O2/c1-8(2)9(3)13-10(15)6-12-11(4,5)7-14/h8-9,12,14H,6-7H2,1-5H3,(H,13,15). The summed E-state index contributed by atoms with van der Waals surface area (Å²) in [5, 5.41) is 14.9. The molecule has 0 aromatic rings. The minimum absolute atomic E-state index is 0.0139. The summed E-state index contributed by atoms with van der Waals surface area (Å²) in [5.41, 5.74) is -0.404. The molecule has 0 radical (unpaired) electrons. The Morgan fingerprint density at radius 2 is 1.87 bits per heavy atom. The highest BCUT2D eigenvalue weighted by atomic mass is 16.3. The highest BCUT2D eigenvalue weighted by Gasteiger charge is 2.17. The van der Waals surface area contributed by atoms with Gasteiger partial charge in [0.05, 0.1) is 13.2 Å². The van der Waals surface area contributed by atoms with E-state index in [-0.39, 0.29) is 25.1 Å². The summed E-state index contributed by atoms with van der Waals surface area (Å²) in [6, 6.07) is 0.177. The predicted octanol–water partition coefficient (Wildman–Crippen LogP) is 0.508. The zero-order valence-corrected chi connectivity index (χ0v) is 10.4. The first-order valence-corrected chi connectivity index (χ1v) is 5.44. The van der Waals surface area contributed by atoms with Crippen LogP contribution >= 0.6 is 0 Å². The molecule has 0 aromatic heterocycles. The van der Waals surface area contributed by atoms with Crippen LogP contribution in [0.4, 0.5) is 0 Å². The minimum Gasteiger partial charge on any atom is -0.394 e. The van der Waals surface area contributed by atoms with Crippen molar-refractivity contribution in [2.75, 3.05) is 13.2 Å². The molecule has 0 saturated heterocycles. The number of nitrogens with one attached hydrogen (secondary N) is 2. The molecular weight excluding hydrogens is 192 g/mol. The van der Waals surface area contributed by atoms with Crippen LogP contribution in [-0.4, -0.2) is 35.7 Å². The predicted molar refractivity (Wildman–Crippen MR) is 61.6 cm³/mol. The van der Waals surface area contributed by atoms with Gasteiger partial charge in [-0.05, 0) is 26.7 Å². The fraction of sp³-hybridized carbons (Fsp3) is 0.909. The molecule has 0 aliphatic heterocycles. The van der Waals surface area contributed by atoms with Crippen molar-refractivity contribution in [3.05, 3.63) is 0 Å². The van der Waals surface area contributed by atoms with Gasteiger partial charge in [-0.2, -0.15) is 0 Å². The molecule has 1 atom stereocenters. The van der Waals surface area contributed by atoms with E-state index in [1.165, 1.54) is 0 Å². The van der Waals surface area contributed by atoms with Crippen molar-refractivity contribution in [1.29, 1.82) is 0 Å². The van der Waals surface area contributed by atoms with Crippen molar-refractivity contribution < 1.29 is 9.90 Å². The Kier molecular flexibility index (Phi) is 5.83. The molecule has 0 spiro atoms. The fourth-order valence-corrected chi connectivity index (χ4v) is 0.847. The van der Waals surface area contributed by atoms with Crippen LogP contribution in [-0.2, 0) is 4.79 Å². The summed E-state index contributed by atoms with van der Waals surface area (Å²) < 4.78 is 0. The maximum Gasteiger partial charge on any atom is 0.234 e. The average Bonchev–Trinajstić information content (AvgIpc) is 2.15. The van der Waals surface area contributed by atoms with Crippen molar-refractivity contribution in [1.82, 2.24) is 10.6 Å². The Morgan fingerprint density at radius 3 is 2.27 bits per heavy atom. The first kappa shape index (κ1) is 14.4. The molecular formula is C11H24N2O2. The van der Waals surface area contributed by atoms with E-state index in [1.54, 1.807) is 0 Å². The van der Waals surface area contributed by atoms with Crippen LogP contribution in [0.3, 0.4) is 0 Å². The second-order valence-corrected chi connectivity index (χ2v) is 5.00. The van der Waals surface area contributed by atoms with Gasteiger partial charge in [0.25, 0.3) is 0 Å². The lowest BCUT2D eigenvalue weighted by Gasteiger charge is -2.24. The second-order valence-electron chi connectivity index (χ2n) is 5.00. The Bertz CT molecular complexity index is 203. The number of carbonyl (C=O) groups excluding carboxylic acids is 1. The van der Waals surface area contributed by atoms with Gasteiger partial charge in [0.2, 0.25) is 5.91 Å². The summed E-state index contributed by atoms with van der Waals surface area (Å²) in [7, 11) is 0. The number of rotatable bonds is 6. The van der Waals surface area contributed by atoms with Crippen molar-refractivity contribution in [3.8, 4) is 0 Å². The van der Waals surface area contributed by atoms with Gasteiger partial charge in [-0.3, -0.25) is 4.79 Å². The largest absolute Gasteiger partial charge is 0.394 e. The Morgan fingerprint density at radius 1 is 1.33 bits per heavy atom. The second kappa shape index (κ2) is 6.08. The van der Waals surface area contributed by atoms with Gasteiger partial charge in [-0.15, -0.1) is 0 Å². The van der Waals surface area contributed by atoms with Crippen LogP contribution < -0.4 is 10.6 Å². The summed E-state index contributed by atoms with van der Waals surface area (Å²) in [6.07, 6.45) is 0. The van der Waals surface area contributed by atoms with E-state index in [1.807, 2.05) is 20.8 Å². The number of aliphatic hydroxyl groups excluding tert-OH is 1. The molecule has 0 aliphatic rings. The number of carbonyl (C=O) groups is 1. The van der Waals surface area contributed by atoms with E-state index >= 15 is 0 Å². The van der Waals surface area contributed by atoms with Crippen molar-refractivity contribution in [3.63, 3.8) is 0 Å². The molecule has 15 heavy (non-hydrogen) atoms. The van der Waals surface area contributed by atoms with Gasteiger partial charge in [0.15, 0.2) is 0 Å². The van der Waals surface area contributed by atoms with Crippen LogP contribution in [0.5, 0.6) is 0 Å². The highest BCUT2D eigenvalue weighted by Crippen LogP contribution is 2.00. The van der Waals surface area contributed by atoms with E-state index < -0.39 is 5.54 Å². The molecule has 0 rings (SSSR count). The summed E-state index contributed by atoms with van der Waals surface area (Å²) in [6.45, 7) is 10.1. The maximum absolute atomic E-state index is 11.5. The topological polar surface area (TPSA) is 61.4 Å². The van der Waals surface area contributed by atoms with Gasteiger partial charge < -0.3 is 15.7 Å². The first-order valence-electron chi connectivity index (χ1n) is 5.44. The highest BCUT2D eigenvalue weighted by molar-refractivity contribution is 5.78. The third-order valence-corrected chi connectivity index (χ3v) is 2.51. The molecule has 0 saturated carbocycles. The lowest BCUT2D eigenvalue weighted by atomic mass is 10.1. The molecule has 4 heteroatoms. The quantitative estimate of drug-likeness (QED) is 0.606.